The summed E-state index contributed by atoms with van der Waals surface area (Å²) in [4.78, 5) is 20.8. The highest BCUT2D eigenvalue weighted by Crippen LogP contribution is 2.55. The van der Waals surface area contributed by atoms with Gasteiger partial charge in [-0.1, -0.05) is 19.9 Å². The Hall–Kier alpha value is -1.50. The van der Waals surface area contributed by atoms with Crippen molar-refractivity contribution < 1.29 is 28.6 Å². The normalized spacial score (nSPS) is 12.1. The molecule has 0 aromatic heterocycles. The van der Waals surface area contributed by atoms with Gasteiger partial charge in [0.1, 0.15) is 11.5 Å². The molecule has 0 atom stereocenters. The summed E-state index contributed by atoms with van der Waals surface area (Å²) in [5.74, 6) is 1.28. The lowest BCUT2D eigenvalue weighted by Gasteiger charge is -2.33. The SMILES string of the molecule is CCC(CC)(Oc1cc(C)c(Cc2ccc(OCOC)c(SC)c2)c(C)c1)P(=O)(O)O. The Kier molecular flexibility index (Phi) is 9.04. The lowest BCUT2D eigenvalue weighted by Crippen LogP contribution is -2.34. The van der Waals surface area contributed by atoms with Crippen LogP contribution >= 0.6 is 19.4 Å². The summed E-state index contributed by atoms with van der Waals surface area (Å²) in [6, 6.07) is 9.85. The number of thioether (sulfide) groups is 1. The number of hydrogen-bond donors (Lipinski definition) is 2. The Labute approximate surface area is 189 Å². The van der Waals surface area contributed by atoms with E-state index in [1.54, 1.807) is 32.7 Å². The number of ether oxygens (including phenoxy) is 3. The molecular weight excluding hydrogens is 435 g/mol. The standard InChI is InChI=1S/C23H33O6PS/c1-7-23(8-2,30(24,25)26)29-19-11-16(3)20(17(4)12-19)13-18-9-10-21(28-15-27-5)22(14-18)31-6/h9-12,14H,7-8,13,15H2,1-6H3,(H2,24,25,26). The Morgan fingerprint density at radius 3 is 2.16 bits per heavy atom. The third kappa shape index (κ3) is 6.05. The van der Waals surface area contributed by atoms with E-state index in [1.807, 2.05) is 44.4 Å². The molecule has 0 heterocycles. The summed E-state index contributed by atoms with van der Waals surface area (Å²) in [7, 11) is -2.84. The average Bonchev–Trinajstić information content (AvgIpc) is 2.72. The predicted octanol–water partition coefficient (Wildman–Crippen LogP) is 5.67. The summed E-state index contributed by atoms with van der Waals surface area (Å²) < 4.78 is 28.6. The molecule has 0 unspecified atom stereocenters. The van der Waals surface area contributed by atoms with E-state index in [1.165, 1.54) is 5.56 Å². The van der Waals surface area contributed by atoms with Gasteiger partial charge in [-0.05, 0) is 85.9 Å². The Morgan fingerprint density at radius 2 is 1.68 bits per heavy atom. The fourth-order valence-electron chi connectivity index (χ4n) is 3.64. The van der Waals surface area contributed by atoms with E-state index in [-0.39, 0.29) is 19.6 Å². The molecule has 172 valence electrons. The van der Waals surface area contributed by atoms with Crippen LogP contribution in [0.4, 0.5) is 0 Å². The molecule has 31 heavy (non-hydrogen) atoms. The molecule has 0 saturated carbocycles. The van der Waals surface area contributed by atoms with Gasteiger partial charge in [0.2, 0.25) is 5.34 Å². The number of aryl methyl sites for hydroxylation is 2. The summed E-state index contributed by atoms with van der Waals surface area (Å²) in [5.41, 5.74) is 4.36. The van der Waals surface area contributed by atoms with Gasteiger partial charge in [0, 0.05) is 12.0 Å². The monoisotopic (exact) mass is 468 g/mol. The van der Waals surface area contributed by atoms with Crippen molar-refractivity contribution in [3.63, 3.8) is 0 Å². The maximum atomic E-state index is 12.1. The van der Waals surface area contributed by atoms with Gasteiger partial charge in [-0.2, -0.15) is 0 Å². The van der Waals surface area contributed by atoms with Crippen molar-refractivity contribution >= 4 is 19.4 Å². The van der Waals surface area contributed by atoms with Crippen LogP contribution in [-0.4, -0.2) is 35.3 Å². The summed E-state index contributed by atoms with van der Waals surface area (Å²) in [5, 5.41) is -1.50. The molecule has 0 saturated heterocycles. The van der Waals surface area contributed by atoms with Crippen LogP contribution < -0.4 is 9.47 Å². The zero-order chi connectivity index (χ0) is 23.2. The van der Waals surface area contributed by atoms with Crippen LogP contribution in [0, 0.1) is 13.8 Å². The van der Waals surface area contributed by atoms with Crippen molar-refractivity contribution in [3.05, 3.63) is 52.6 Å². The number of rotatable bonds is 11. The lowest BCUT2D eigenvalue weighted by atomic mass is 9.95. The maximum Gasteiger partial charge on any atom is 0.368 e. The lowest BCUT2D eigenvalue weighted by molar-refractivity contribution is 0.0491. The smallest absolute Gasteiger partial charge is 0.368 e. The van der Waals surface area contributed by atoms with Crippen LogP contribution in [0.3, 0.4) is 0 Å². The van der Waals surface area contributed by atoms with Gasteiger partial charge in [-0.25, -0.2) is 0 Å². The second-order valence-electron chi connectivity index (χ2n) is 7.55. The molecule has 2 aromatic rings. The van der Waals surface area contributed by atoms with Gasteiger partial charge in [0.05, 0.1) is 0 Å². The second kappa shape index (κ2) is 10.9. The molecule has 8 heteroatoms. The molecule has 0 aliphatic rings. The highest BCUT2D eigenvalue weighted by molar-refractivity contribution is 7.98. The molecule has 0 amide bonds. The highest BCUT2D eigenvalue weighted by Gasteiger charge is 2.46. The largest absolute Gasteiger partial charge is 0.475 e. The topological polar surface area (TPSA) is 85.2 Å². The van der Waals surface area contributed by atoms with E-state index < -0.39 is 12.9 Å². The molecule has 0 radical (unpaired) electrons. The van der Waals surface area contributed by atoms with Crippen LogP contribution in [0.15, 0.2) is 35.2 Å². The van der Waals surface area contributed by atoms with Crippen LogP contribution in [-0.2, 0) is 15.7 Å². The first-order valence-corrected chi connectivity index (χ1v) is 13.1. The zero-order valence-electron chi connectivity index (χ0n) is 19.1. The molecule has 0 fully saturated rings. The summed E-state index contributed by atoms with van der Waals surface area (Å²) in [6.45, 7) is 7.67. The second-order valence-corrected chi connectivity index (χ2v) is 10.3. The first-order chi connectivity index (χ1) is 14.6. The Bertz CT molecular complexity index is 913. The third-order valence-electron chi connectivity index (χ3n) is 5.55. The van der Waals surface area contributed by atoms with Crippen LogP contribution in [0.2, 0.25) is 0 Å². The van der Waals surface area contributed by atoms with E-state index >= 15 is 0 Å². The minimum absolute atomic E-state index is 0.207. The van der Waals surface area contributed by atoms with Crippen molar-refractivity contribution in [2.75, 3.05) is 20.2 Å². The van der Waals surface area contributed by atoms with Crippen molar-refractivity contribution in [3.8, 4) is 11.5 Å². The van der Waals surface area contributed by atoms with Gasteiger partial charge >= 0.3 is 7.60 Å². The zero-order valence-corrected chi connectivity index (χ0v) is 20.8. The number of methoxy groups -OCH3 is 1. The minimum Gasteiger partial charge on any atom is -0.475 e. The number of benzene rings is 2. The van der Waals surface area contributed by atoms with Crippen LogP contribution in [0.5, 0.6) is 11.5 Å². The molecule has 2 aromatic carbocycles. The maximum absolute atomic E-state index is 12.1. The van der Waals surface area contributed by atoms with Crippen molar-refractivity contribution in [1.29, 1.82) is 0 Å². The van der Waals surface area contributed by atoms with E-state index in [4.69, 9.17) is 14.2 Å². The molecule has 0 aliphatic heterocycles. The predicted molar refractivity (Wildman–Crippen MR) is 125 cm³/mol. The molecule has 2 rings (SSSR count). The first kappa shape index (κ1) is 25.8. The first-order valence-electron chi connectivity index (χ1n) is 10.2. The summed E-state index contributed by atoms with van der Waals surface area (Å²) >= 11 is 1.62. The number of hydrogen-bond acceptors (Lipinski definition) is 5. The van der Waals surface area contributed by atoms with Crippen LogP contribution in [0.25, 0.3) is 0 Å². The molecular formula is C23H33O6PS. The van der Waals surface area contributed by atoms with E-state index in [0.717, 1.165) is 33.8 Å². The third-order valence-corrected chi connectivity index (χ3v) is 8.10. The van der Waals surface area contributed by atoms with Gasteiger partial charge in [0.25, 0.3) is 0 Å². The molecule has 2 N–H and O–H groups in total. The summed E-state index contributed by atoms with van der Waals surface area (Å²) in [6.07, 6.45) is 3.20. The van der Waals surface area contributed by atoms with Crippen molar-refractivity contribution in [1.82, 2.24) is 0 Å². The van der Waals surface area contributed by atoms with Gasteiger partial charge in [-0.15, -0.1) is 11.8 Å². The molecule has 0 spiro atoms. The minimum atomic E-state index is -4.44. The molecule has 6 nitrogen and oxygen atoms in total. The van der Waals surface area contributed by atoms with Crippen molar-refractivity contribution in [2.24, 2.45) is 0 Å². The van der Waals surface area contributed by atoms with E-state index in [0.29, 0.717) is 5.75 Å². The quantitative estimate of drug-likeness (QED) is 0.250. The van der Waals surface area contributed by atoms with E-state index in [2.05, 4.69) is 6.07 Å². The highest BCUT2D eigenvalue weighted by atomic mass is 32.2. The van der Waals surface area contributed by atoms with Crippen molar-refractivity contribution in [2.45, 2.75) is 57.2 Å². The van der Waals surface area contributed by atoms with Gasteiger partial charge < -0.3 is 24.0 Å². The Morgan fingerprint density at radius 1 is 1.06 bits per heavy atom. The van der Waals surface area contributed by atoms with Gasteiger partial charge in [0.15, 0.2) is 6.79 Å². The molecule has 0 bridgehead atoms. The average molecular weight is 469 g/mol. The molecule has 0 aliphatic carbocycles. The van der Waals surface area contributed by atoms with Crippen LogP contribution in [0.1, 0.15) is 48.9 Å². The van der Waals surface area contributed by atoms with Gasteiger partial charge in [-0.3, -0.25) is 4.57 Å². The Balaban J connectivity index is 2.32. The fourth-order valence-corrected chi connectivity index (χ4v) is 5.29. The van der Waals surface area contributed by atoms with E-state index in [9.17, 15) is 14.4 Å². The fraction of sp³-hybridized carbons (Fsp3) is 0.478.